The van der Waals surface area contributed by atoms with E-state index in [1.165, 1.54) is 6.20 Å². The van der Waals surface area contributed by atoms with Crippen molar-refractivity contribution in [2.75, 3.05) is 0 Å². The summed E-state index contributed by atoms with van der Waals surface area (Å²) in [5.74, 6) is -0.605. The van der Waals surface area contributed by atoms with Crippen LogP contribution in [0.25, 0.3) is 0 Å². The van der Waals surface area contributed by atoms with Crippen LogP contribution in [0.5, 0.6) is 0 Å². The number of carboxylic acids is 1. The minimum absolute atomic E-state index is 0.331. The molecular weight excluding hydrogens is 162 g/mol. The first-order chi connectivity index (χ1) is 5.61. The summed E-state index contributed by atoms with van der Waals surface area (Å²) in [6.07, 6.45) is -0.0425. The molecular formula is C7H9NO4. The Balaban J connectivity index is 2.71. The molecule has 66 valence electrons. The van der Waals surface area contributed by atoms with Gasteiger partial charge >= 0.3 is 5.97 Å². The highest BCUT2D eigenvalue weighted by Gasteiger charge is 2.16. The maximum atomic E-state index is 10.2. The zero-order valence-corrected chi connectivity index (χ0v) is 6.52. The van der Waals surface area contributed by atoms with Gasteiger partial charge in [0, 0.05) is 5.56 Å². The molecule has 0 radical (unpaired) electrons. The van der Waals surface area contributed by atoms with Crippen molar-refractivity contribution in [1.29, 1.82) is 0 Å². The van der Waals surface area contributed by atoms with Crippen LogP contribution in [0.15, 0.2) is 10.7 Å². The monoisotopic (exact) mass is 171 g/mol. The summed E-state index contributed by atoms with van der Waals surface area (Å²) in [4.78, 5) is 10.2. The molecule has 1 heterocycles. The van der Waals surface area contributed by atoms with Crippen LogP contribution in [0.1, 0.15) is 23.8 Å². The largest absolute Gasteiger partial charge is 0.481 e. The Morgan fingerprint density at radius 3 is 2.92 bits per heavy atom. The molecule has 0 bridgehead atoms. The zero-order chi connectivity index (χ0) is 9.14. The van der Waals surface area contributed by atoms with E-state index < -0.39 is 12.1 Å². The average Bonchev–Trinajstić information content (AvgIpc) is 2.33. The minimum Gasteiger partial charge on any atom is -0.481 e. The van der Waals surface area contributed by atoms with E-state index in [0.717, 1.165) is 0 Å². The maximum Gasteiger partial charge on any atom is 0.306 e. The van der Waals surface area contributed by atoms with Crippen LogP contribution in [-0.2, 0) is 4.79 Å². The molecule has 0 saturated carbocycles. The van der Waals surface area contributed by atoms with Crippen LogP contribution in [-0.4, -0.2) is 21.3 Å². The zero-order valence-electron chi connectivity index (χ0n) is 6.52. The Hall–Kier alpha value is -1.36. The number of aryl methyl sites for hydroxylation is 1. The predicted molar refractivity (Wildman–Crippen MR) is 38.5 cm³/mol. The Labute approximate surface area is 68.6 Å². The number of rotatable bonds is 3. The number of carboxylic acid groups (broad SMARTS) is 1. The van der Waals surface area contributed by atoms with Crippen molar-refractivity contribution in [3.8, 4) is 0 Å². The predicted octanol–water partition coefficient (Wildman–Crippen LogP) is 0.491. The lowest BCUT2D eigenvalue weighted by Gasteiger charge is -2.03. The molecule has 1 atom stereocenters. The molecule has 1 unspecified atom stereocenters. The lowest BCUT2D eigenvalue weighted by Crippen LogP contribution is -2.05. The van der Waals surface area contributed by atoms with Crippen molar-refractivity contribution in [3.63, 3.8) is 0 Å². The summed E-state index contributed by atoms with van der Waals surface area (Å²) in [5.41, 5.74) is 0.428. The standard InChI is InChI=1S/C7H9NO4/c1-4-5(3-8-12-4)6(9)2-7(10)11/h3,6,9H,2H2,1H3,(H,10,11). The van der Waals surface area contributed by atoms with E-state index in [-0.39, 0.29) is 6.42 Å². The van der Waals surface area contributed by atoms with E-state index in [4.69, 9.17) is 5.11 Å². The molecule has 5 heteroatoms. The number of aliphatic hydroxyl groups is 1. The number of aromatic nitrogens is 1. The van der Waals surface area contributed by atoms with Gasteiger partial charge in [0.1, 0.15) is 5.76 Å². The Morgan fingerprint density at radius 2 is 2.50 bits per heavy atom. The fourth-order valence-electron chi connectivity index (χ4n) is 0.902. The van der Waals surface area contributed by atoms with Gasteiger partial charge < -0.3 is 14.7 Å². The number of nitrogens with zero attached hydrogens (tertiary/aromatic N) is 1. The molecule has 12 heavy (non-hydrogen) atoms. The summed E-state index contributed by atoms with van der Waals surface area (Å²) in [6, 6.07) is 0. The summed E-state index contributed by atoms with van der Waals surface area (Å²) >= 11 is 0. The van der Waals surface area contributed by atoms with E-state index >= 15 is 0 Å². The highest BCUT2D eigenvalue weighted by molar-refractivity contribution is 5.67. The van der Waals surface area contributed by atoms with Gasteiger partial charge in [0.2, 0.25) is 0 Å². The SMILES string of the molecule is Cc1oncc1C(O)CC(=O)O. The van der Waals surface area contributed by atoms with Gasteiger partial charge in [-0.15, -0.1) is 0 Å². The van der Waals surface area contributed by atoms with Crippen molar-refractivity contribution in [2.24, 2.45) is 0 Å². The second-order valence-corrected chi connectivity index (χ2v) is 2.45. The van der Waals surface area contributed by atoms with Gasteiger partial charge in [0.25, 0.3) is 0 Å². The molecule has 2 N–H and O–H groups in total. The number of hydrogen-bond acceptors (Lipinski definition) is 4. The van der Waals surface area contributed by atoms with Crippen molar-refractivity contribution >= 4 is 5.97 Å². The third kappa shape index (κ3) is 1.82. The van der Waals surface area contributed by atoms with Gasteiger partial charge in [-0.05, 0) is 6.92 Å². The first kappa shape index (κ1) is 8.73. The fraction of sp³-hybridized carbons (Fsp3) is 0.429. The quantitative estimate of drug-likeness (QED) is 0.691. The molecule has 5 nitrogen and oxygen atoms in total. The van der Waals surface area contributed by atoms with E-state index in [1.54, 1.807) is 6.92 Å². The van der Waals surface area contributed by atoms with Gasteiger partial charge in [-0.1, -0.05) is 5.16 Å². The van der Waals surface area contributed by atoms with Crippen molar-refractivity contribution in [2.45, 2.75) is 19.4 Å². The van der Waals surface area contributed by atoms with Crippen LogP contribution in [0.3, 0.4) is 0 Å². The summed E-state index contributed by atoms with van der Waals surface area (Å²) < 4.78 is 4.66. The van der Waals surface area contributed by atoms with Crippen LogP contribution >= 0.6 is 0 Å². The summed E-state index contributed by atoms with van der Waals surface area (Å²) in [5, 5.41) is 21.1. The first-order valence-corrected chi connectivity index (χ1v) is 3.42. The van der Waals surface area contributed by atoms with Gasteiger partial charge in [-0.2, -0.15) is 0 Å². The molecule has 0 aliphatic heterocycles. The molecule has 0 spiro atoms. The molecule has 1 aromatic rings. The second-order valence-electron chi connectivity index (χ2n) is 2.45. The average molecular weight is 171 g/mol. The van der Waals surface area contributed by atoms with E-state index in [0.29, 0.717) is 11.3 Å². The lowest BCUT2D eigenvalue weighted by molar-refractivity contribution is -0.139. The lowest BCUT2D eigenvalue weighted by atomic mass is 10.1. The van der Waals surface area contributed by atoms with Crippen LogP contribution in [0.2, 0.25) is 0 Å². The molecule has 0 aliphatic rings. The Morgan fingerprint density at radius 1 is 1.83 bits per heavy atom. The smallest absolute Gasteiger partial charge is 0.306 e. The van der Waals surface area contributed by atoms with Crippen LogP contribution in [0, 0.1) is 6.92 Å². The fourth-order valence-corrected chi connectivity index (χ4v) is 0.902. The maximum absolute atomic E-state index is 10.2. The normalized spacial score (nSPS) is 12.8. The van der Waals surface area contributed by atoms with E-state index in [1.807, 2.05) is 0 Å². The Kier molecular flexibility index (Phi) is 2.44. The molecule has 0 aliphatic carbocycles. The highest BCUT2D eigenvalue weighted by Crippen LogP contribution is 2.19. The van der Waals surface area contributed by atoms with Crippen LogP contribution in [0.4, 0.5) is 0 Å². The van der Waals surface area contributed by atoms with E-state index in [2.05, 4.69) is 9.68 Å². The molecule has 0 fully saturated rings. The van der Waals surface area contributed by atoms with Crippen LogP contribution < -0.4 is 0 Å². The van der Waals surface area contributed by atoms with Crippen molar-refractivity contribution in [1.82, 2.24) is 5.16 Å². The summed E-state index contributed by atoms with van der Waals surface area (Å²) in [6.45, 7) is 1.62. The topological polar surface area (TPSA) is 83.6 Å². The number of aliphatic hydroxyl groups excluding tert-OH is 1. The van der Waals surface area contributed by atoms with Crippen molar-refractivity contribution < 1.29 is 19.5 Å². The highest BCUT2D eigenvalue weighted by atomic mass is 16.5. The number of hydrogen-bond donors (Lipinski definition) is 2. The Bertz CT molecular complexity index is 281. The third-order valence-electron chi connectivity index (χ3n) is 1.51. The first-order valence-electron chi connectivity index (χ1n) is 3.42. The summed E-state index contributed by atoms with van der Waals surface area (Å²) in [7, 11) is 0. The molecule has 0 saturated heterocycles. The number of carbonyl (C=O) groups is 1. The van der Waals surface area contributed by atoms with Gasteiger partial charge in [0.05, 0.1) is 18.7 Å². The van der Waals surface area contributed by atoms with Gasteiger partial charge in [-0.25, -0.2) is 0 Å². The molecule has 1 aromatic heterocycles. The minimum atomic E-state index is -1.05. The van der Waals surface area contributed by atoms with Gasteiger partial charge in [-0.3, -0.25) is 4.79 Å². The van der Waals surface area contributed by atoms with E-state index in [9.17, 15) is 9.90 Å². The second kappa shape index (κ2) is 3.36. The molecule has 1 rings (SSSR count). The molecule has 0 aromatic carbocycles. The molecule has 0 amide bonds. The number of aliphatic carboxylic acids is 1. The van der Waals surface area contributed by atoms with Gasteiger partial charge in [0.15, 0.2) is 0 Å². The third-order valence-corrected chi connectivity index (χ3v) is 1.51. The van der Waals surface area contributed by atoms with Crippen molar-refractivity contribution in [3.05, 3.63) is 17.5 Å².